The van der Waals surface area contributed by atoms with Gasteiger partial charge in [-0.2, -0.15) is 0 Å². The molecule has 0 aliphatic rings. The predicted octanol–water partition coefficient (Wildman–Crippen LogP) is 2.40. The molecule has 1 aromatic heterocycles. The number of amides is 1. The van der Waals surface area contributed by atoms with E-state index in [0.717, 1.165) is 5.56 Å². The summed E-state index contributed by atoms with van der Waals surface area (Å²) in [6, 6.07) is 6.54. The van der Waals surface area contributed by atoms with E-state index < -0.39 is 12.0 Å². The van der Waals surface area contributed by atoms with Crippen LogP contribution in [-0.2, 0) is 9.53 Å². The van der Waals surface area contributed by atoms with Crippen LogP contribution in [0.1, 0.15) is 32.5 Å². The maximum Gasteiger partial charge on any atom is 0.333 e. The van der Waals surface area contributed by atoms with Crippen LogP contribution in [0, 0.1) is 13.8 Å². The Balaban J connectivity index is 2.25. The highest BCUT2D eigenvalue weighted by atomic mass is 32.1. The lowest BCUT2D eigenvalue weighted by atomic mass is 10.1. The van der Waals surface area contributed by atoms with Crippen molar-refractivity contribution in [2.45, 2.75) is 19.9 Å². The zero-order chi connectivity index (χ0) is 15.4. The van der Waals surface area contributed by atoms with Gasteiger partial charge in [-0.1, -0.05) is 29.8 Å². The van der Waals surface area contributed by atoms with E-state index in [1.54, 1.807) is 24.6 Å². The Kier molecular flexibility index (Phi) is 4.70. The van der Waals surface area contributed by atoms with Gasteiger partial charge in [0, 0.05) is 0 Å². The lowest BCUT2D eigenvalue weighted by molar-refractivity contribution is -0.143. The fourth-order valence-electron chi connectivity index (χ4n) is 1.87. The Morgan fingerprint density at radius 2 is 1.90 bits per heavy atom. The number of aromatic nitrogens is 1. The second kappa shape index (κ2) is 6.49. The minimum Gasteiger partial charge on any atom is -0.467 e. The molecular weight excluding hydrogens is 288 g/mol. The third kappa shape index (κ3) is 3.46. The molecule has 0 saturated carbocycles. The van der Waals surface area contributed by atoms with Crippen molar-refractivity contribution in [2.75, 3.05) is 7.11 Å². The molecule has 1 aromatic carbocycles. The highest BCUT2D eigenvalue weighted by Crippen LogP contribution is 2.18. The van der Waals surface area contributed by atoms with E-state index in [1.807, 2.05) is 19.1 Å². The molecule has 0 radical (unpaired) electrons. The molecule has 0 fully saturated rings. The Morgan fingerprint density at radius 1 is 1.24 bits per heavy atom. The number of nitrogens with zero attached hydrogens (tertiary/aromatic N) is 1. The first-order valence-electron chi connectivity index (χ1n) is 6.38. The fraction of sp³-hybridized carbons (Fsp3) is 0.267. The molecule has 0 spiro atoms. The van der Waals surface area contributed by atoms with Gasteiger partial charge >= 0.3 is 5.97 Å². The summed E-state index contributed by atoms with van der Waals surface area (Å²) in [6.07, 6.45) is 0. The third-order valence-electron chi connectivity index (χ3n) is 3.07. The van der Waals surface area contributed by atoms with Crippen molar-refractivity contribution in [1.29, 1.82) is 0 Å². The third-order valence-corrected chi connectivity index (χ3v) is 4.00. The Morgan fingerprint density at radius 3 is 2.43 bits per heavy atom. The topological polar surface area (TPSA) is 68.3 Å². The number of carbonyl (C=O) groups excluding carboxylic acids is 2. The maximum atomic E-state index is 12.2. The normalized spacial score (nSPS) is 11.8. The SMILES string of the molecule is COC(=O)[C@@H](NC(=O)c1scnc1C)c1ccc(C)cc1. The van der Waals surface area contributed by atoms with Gasteiger partial charge in [-0.05, 0) is 19.4 Å². The minimum atomic E-state index is -0.829. The first-order chi connectivity index (χ1) is 10.0. The van der Waals surface area contributed by atoms with E-state index in [1.165, 1.54) is 18.4 Å². The van der Waals surface area contributed by atoms with Gasteiger partial charge in [0.15, 0.2) is 6.04 Å². The first-order valence-corrected chi connectivity index (χ1v) is 7.26. The lowest BCUT2D eigenvalue weighted by Crippen LogP contribution is -2.34. The summed E-state index contributed by atoms with van der Waals surface area (Å²) in [5.41, 5.74) is 4.00. The number of carbonyl (C=O) groups is 2. The van der Waals surface area contributed by atoms with Crippen LogP contribution < -0.4 is 5.32 Å². The number of aryl methyl sites for hydroxylation is 2. The zero-order valence-corrected chi connectivity index (χ0v) is 12.9. The van der Waals surface area contributed by atoms with Crippen molar-refractivity contribution in [2.24, 2.45) is 0 Å². The highest BCUT2D eigenvalue weighted by molar-refractivity contribution is 7.11. The van der Waals surface area contributed by atoms with Crippen LogP contribution in [0.4, 0.5) is 0 Å². The molecule has 1 N–H and O–H groups in total. The monoisotopic (exact) mass is 304 g/mol. The summed E-state index contributed by atoms with van der Waals surface area (Å²) in [5, 5.41) is 2.70. The molecule has 110 valence electrons. The summed E-state index contributed by atoms with van der Waals surface area (Å²) in [6.45, 7) is 3.71. The Hall–Kier alpha value is -2.21. The first kappa shape index (κ1) is 15.2. The lowest BCUT2D eigenvalue weighted by Gasteiger charge is -2.16. The highest BCUT2D eigenvalue weighted by Gasteiger charge is 2.25. The van der Waals surface area contributed by atoms with E-state index in [-0.39, 0.29) is 5.91 Å². The molecule has 0 aliphatic carbocycles. The van der Waals surface area contributed by atoms with Gasteiger partial charge in [-0.3, -0.25) is 4.79 Å². The van der Waals surface area contributed by atoms with Crippen molar-refractivity contribution in [3.63, 3.8) is 0 Å². The van der Waals surface area contributed by atoms with Crippen molar-refractivity contribution in [3.05, 3.63) is 51.5 Å². The van der Waals surface area contributed by atoms with Crippen molar-refractivity contribution >= 4 is 23.2 Å². The molecule has 0 unspecified atom stereocenters. The molecule has 1 amide bonds. The number of hydrogen-bond donors (Lipinski definition) is 1. The average Bonchev–Trinajstić information content (AvgIpc) is 2.91. The van der Waals surface area contributed by atoms with Crippen molar-refractivity contribution in [1.82, 2.24) is 10.3 Å². The summed E-state index contributed by atoms with van der Waals surface area (Å²) < 4.78 is 4.78. The van der Waals surface area contributed by atoms with Crippen molar-refractivity contribution < 1.29 is 14.3 Å². The molecule has 2 aromatic rings. The molecule has 21 heavy (non-hydrogen) atoms. The van der Waals surface area contributed by atoms with Gasteiger partial charge in [-0.15, -0.1) is 11.3 Å². The maximum absolute atomic E-state index is 12.2. The zero-order valence-electron chi connectivity index (χ0n) is 12.0. The minimum absolute atomic E-state index is 0.328. The summed E-state index contributed by atoms with van der Waals surface area (Å²) >= 11 is 1.24. The Bertz CT molecular complexity index is 649. The molecule has 1 atom stereocenters. The van der Waals surface area contributed by atoms with Gasteiger partial charge in [0.2, 0.25) is 0 Å². The second-order valence-corrected chi connectivity index (χ2v) is 5.46. The number of thiazole rings is 1. The number of rotatable bonds is 4. The molecule has 0 aliphatic heterocycles. The van der Waals surface area contributed by atoms with E-state index in [9.17, 15) is 9.59 Å². The summed E-state index contributed by atoms with van der Waals surface area (Å²) in [7, 11) is 1.30. The quantitative estimate of drug-likeness (QED) is 0.881. The van der Waals surface area contributed by atoms with Crippen LogP contribution >= 0.6 is 11.3 Å². The molecule has 6 heteroatoms. The molecule has 0 bridgehead atoms. The number of hydrogen-bond acceptors (Lipinski definition) is 5. The van der Waals surface area contributed by atoms with Gasteiger partial charge in [0.25, 0.3) is 5.91 Å². The number of esters is 1. The fourth-order valence-corrected chi connectivity index (χ4v) is 2.58. The van der Waals surface area contributed by atoms with E-state index in [4.69, 9.17) is 4.74 Å². The van der Waals surface area contributed by atoms with Gasteiger partial charge in [0.05, 0.1) is 18.3 Å². The van der Waals surface area contributed by atoms with Crippen LogP contribution in [0.2, 0.25) is 0 Å². The number of methoxy groups -OCH3 is 1. The van der Waals surface area contributed by atoms with Gasteiger partial charge in [-0.25, -0.2) is 9.78 Å². The standard InChI is InChI=1S/C15H16N2O3S/c1-9-4-6-11(7-5-9)12(15(19)20-3)17-14(18)13-10(2)16-8-21-13/h4-8,12H,1-3H3,(H,17,18)/t12-/m0/s1. The molecule has 0 saturated heterocycles. The number of benzene rings is 1. The van der Waals surface area contributed by atoms with E-state index in [0.29, 0.717) is 16.1 Å². The van der Waals surface area contributed by atoms with Crippen LogP contribution in [0.3, 0.4) is 0 Å². The van der Waals surface area contributed by atoms with Crippen molar-refractivity contribution in [3.8, 4) is 0 Å². The second-order valence-electron chi connectivity index (χ2n) is 4.61. The smallest absolute Gasteiger partial charge is 0.333 e. The van der Waals surface area contributed by atoms with Crippen LogP contribution in [0.5, 0.6) is 0 Å². The van der Waals surface area contributed by atoms with Crippen LogP contribution in [0.25, 0.3) is 0 Å². The van der Waals surface area contributed by atoms with Gasteiger partial charge < -0.3 is 10.1 Å². The number of ether oxygens (including phenoxy) is 1. The number of nitrogens with one attached hydrogen (secondary N) is 1. The summed E-state index contributed by atoms with van der Waals surface area (Å²) in [5.74, 6) is -0.833. The van der Waals surface area contributed by atoms with Crippen LogP contribution in [0.15, 0.2) is 29.8 Å². The summed E-state index contributed by atoms with van der Waals surface area (Å²) in [4.78, 5) is 28.7. The van der Waals surface area contributed by atoms with E-state index >= 15 is 0 Å². The predicted molar refractivity (Wildman–Crippen MR) is 80.3 cm³/mol. The molecular formula is C15H16N2O3S. The van der Waals surface area contributed by atoms with Gasteiger partial charge in [0.1, 0.15) is 4.88 Å². The molecule has 1 heterocycles. The van der Waals surface area contributed by atoms with E-state index in [2.05, 4.69) is 10.3 Å². The average molecular weight is 304 g/mol. The Labute approximate surface area is 127 Å². The molecule has 2 rings (SSSR count). The molecule has 5 nitrogen and oxygen atoms in total. The largest absolute Gasteiger partial charge is 0.467 e. The van der Waals surface area contributed by atoms with Crippen LogP contribution in [-0.4, -0.2) is 24.0 Å².